The van der Waals surface area contributed by atoms with Gasteiger partial charge in [-0.2, -0.15) is 4.31 Å². The van der Waals surface area contributed by atoms with E-state index in [0.717, 1.165) is 30.6 Å². The van der Waals surface area contributed by atoms with Crippen LogP contribution in [0.25, 0.3) is 0 Å². The van der Waals surface area contributed by atoms with Crippen molar-refractivity contribution >= 4 is 10.0 Å². The lowest BCUT2D eigenvalue weighted by Gasteiger charge is -2.31. The molecule has 0 aliphatic carbocycles. The van der Waals surface area contributed by atoms with E-state index in [1.807, 2.05) is 0 Å². The van der Waals surface area contributed by atoms with E-state index >= 15 is 0 Å². The molecule has 0 N–H and O–H groups in total. The average Bonchev–Trinajstić information content (AvgIpc) is 2.60. The Balaban J connectivity index is 1.69. The zero-order valence-corrected chi connectivity index (χ0v) is 14.4. The highest BCUT2D eigenvalue weighted by Gasteiger charge is 2.31. The Kier molecular flexibility index (Phi) is 5.42. The molecular formula is C16H16F3N3O3S. The second-order valence-electron chi connectivity index (χ2n) is 5.92. The molecule has 1 atom stereocenters. The van der Waals surface area contributed by atoms with Gasteiger partial charge in [0.1, 0.15) is 17.7 Å². The van der Waals surface area contributed by atoms with Crippen molar-refractivity contribution in [3.05, 3.63) is 53.6 Å². The Bertz CT molecular complexity index is 878. The number of nitrogens with zero attached hydrogens (tertiary/aromatic N) is 3. The SMILES string of the molecule is O=S(=O)(Cc1cc(F)ccc1F)N1CCCC(Oc2ncc(F)cn2)C1. The Labute approximate surface area is 148 Å². The molecule has 1 unspecified atom stereocenters. The summed E-state index contributed by atoms with van der Waals surface area (Å²) in [7, 11) is -3.86. The predicted molar refractivity (Wildman–Crippen MR) is 86.2 cm³/mol. The highest BCUT2D eigenvalue weighted by Crippen LogP contribution is 2.21. The van der Waals surface area contributed by atoms with Crippen molar-refractivity contribution < 1.29 is 26.3 Å². The number of sulfonamides is 1. The molecule has 26 heavy (non-hydrogen) atoms. The number of aromatic nitrogens is 2. The molecule has 0 spiro atoms. The highest BCUT2D eigenvalue weighted by atomic mass is 32.2. The summed E-state index contributed by atoms with van der Waals surface area (Å²) in [6.07, 6.45) is 2.48. The van der Waals surface area contributed by atoms with Gasteiger partial charge in [0.05, 0.1) is 24.7 Å². The Hall–Kier alpha value is -2.20. The van der Waals surface area contributed by atoms with Crippen LogP contribution in [0.5, 0.6) is 6.01 Å². The van der Waals surface area contributed by atoms with Gasteiger partial charge in [-0.1, -0.05) is 0 Å². The third-order valence-electron chi connectivity index (χ3n) is 3.95. The van der Waals surface area contributed by atoms with E-state index in [4.69, 9.17) is 4.74 Å². The lowest BCUT2D eigenvalue weighted by Crippen LogP contribution is -2.45. The van der Waals surface area contributed by atoms with Crippen molar-refractivity contribution in [1.82, 2.24) is 14.3 Å². The van der Waals surface area contributed by atoms with Gasteiger partial charge in [-0.25, -0.2) is 31.6 Å². The first kappa shape index (κ1) is 18.6. The van der Waals surface area contributed by atoms with Crippen LogP contribution in [0, 0.1) is 17.5 Å². The molecule has 1 aromatic heterocycles. The summed E-state index contributed by atoms with van der Waals surface area (Å²) in [5, 5.41) is 0. The van der Waals surface area contributed by atoms with Crippen molar-refractivity contribution in [3.63, 3.8) is 0 Å². The molecule has 6 nitrogen and oxygen atoms in total. The molecule has 140 valence electrons. The Morgan fingerprint density at radius 2 is 1.88 bits per heavy atom. The third-order valence-corrected chi connectivity index (χ3v) is 5.74. The van der Waals surface area contributed by atoms with Crippen LogP contribution in [0.2, 0.25) is 0 Å². The van der Waals surface area contributed by atoms with E-state index in [0.29, 0.717) is 12.8 Å². The third kappa shape index (κ3) is 4.50. The van der Waals surface area contributed by atoms with Crippen LogP contribution in [0.3, 0.4) is 0 Å². The summed E-state index contributed by atoms with van der Waals surface area (Å²) < 4.78 is 71.6. The normalized spacial score (nSPS) is 18.7. The van der Waals surface area contributed by atoms with Crippen LogP contribution in [-0.4, -0.2) is 41.9 Å². The number of piperidine rings is 1. The van der Waals surface area contributed by atoms with E-state index in [-0.39, 0.29) is 24.7 Å². The van der Waals surface area contributed by atoms with Gasteiger partial charge in [-0.3, -0.25) is 0 Å². The first-order chi connectivity index (χ1) is 12.3. The summed E-state index contributed by atoms with van der Waals surface area (Å²) >= 11 is 0. The molecule has 10 heteroatoms. The molecule has 1 aromatic carbocycles. The predicted octanol–water partition coefficient (Wildman–Crippen LogP) is 2.27. The monoisotopic (exact) mass is 387 g/mol. The van der Waals surface area contributed by atoms with Crippen molar-refractivity contribution in [3.8, 4) is 6.01 Å². The van der Waals surface area contributed by atoms with E-state index in [1.165, 1.54) is 4.31 Å². The van der Waals surface area contributed by atoms with Gasteiger partial charge in [0, 0.05) is 12.1 Å². The van der Waals surface area contributed by atoms with Crippen molar-refractivity contribution in [1.29, 1.82) is 0 Å². The fourth-order valence-electron chi connectivity index (χ4n) is 2.71. The molecule has 1 aliphatic heterocycles. The molecule has 2 heterocycles. The van der Waals surface area contributed by atoms with Gasteiger partial charge >= 0.3 is 6.01 Å². The molecular weight excluding hydrogens is 371 g/mol. The van der Waals surface area contributed by atoms with Crippen molar-refractivity contribution in [2.24, 2.45) is 0 Å². The number of rotatable bonds is 5. The largest absolute Gasteiger partial charge is 0.459 e. The molecule has 2 aromatic rings. The van der Waals surface area contributed by atoms with E-state index in [9.17, 15) is 21.6 Å². The minimum atomic E-state index is -3.86. The van der Waals surface area contributed by atoms with Crippen LogP contribution in [0.4, 0.5) is 13.2 Å². The Morgan fingerprint density at radius 1 is 1.15 bits per heavy atom. The smallest absolute Gasteiger partial charge is 0.316 e. The molecule has 1 fully saturated rings. The van der Waals surface area contributed by atoms with Gasteiger partial charge < -0.3 is 4.74 Å². The molecule has 1 aliphatic rings. The molecule has 1 saturated heterocycles. The van der Waals surface area contributed by atoms with Crippen LogP contribution in [0.15, 0.2) is 30.6 Å². The standard InChI is InChI=1S/C16H16F3N3O3S/c17-12-3-4-15(19)11(6-12)10-26(23,24)22-5-1-2-14(9-22)25-16-20-7-13(18)8-21-16/h3-4,6-8,14H,1-2,5,9-10H2. The first-order valence-corrected chi connectivity index (χ1v) is 9.50. The number of hydrogen-bond donors (Lipinski definition) is 0. The number of halogens is 3. The topological polar surface area (TPSA) is 72.4 Å². The fraction of sp³-hybridized carbons (Fsp3) is 0.375. The minimum Gasteiger partial charge on any atom is -0.459 e. The van der Waals surface area contributed by atoms with Crippen molar-refractivity contribution in [2.75, 3.05) is 13.1 Å². The summed E-state index contributed by atoms with van der Waals surface area (Å²) in [4.78, 5) is 7.36. The molecule has 0 amide bonds. The zero-order valence-electron chi connectivity index (χ0n) is 13.6. The van der Waals surface area contributed by atoms with E-state index in [1.54, 1.807) is 0 Å². The van der Waals surface area contributed by atoms with Gasteiger partial charge in [-0.15, -0.1) is 0 Å². The maximum absolute atomic E-state index is 13.7. The maximum Gasteiger partial charge on any atom is 0.316 e. The zero-order chi connectivity index (χ0) is 18.7. The maximum atomic E-state index is 13.7. The van der Waals surface area contributed by atoms with Gasteiger partial charge in [0.25, 0.3) is 0 Å². The second-order valence-corrected chi connectivity index (χ2v) is 7.88. The lowest BCUT2D eigenvalue weighted by atomic mass is 10.1. The van der Waals surface area contributed by atoms with Crippen LogP contribution in [-0.2, 0) is 15.8 Å². The summed E-state index contributed by atoms with van der Waals surface area (Å²) in [5.74, 6) is -2.73. The quantitative estimate of drug-likeness (QED) is 0.787. The van der Waals surface area contributed by atoms with E-state index in [2.05, 4.69) is 9.97 Å². The van der Waals surface area contributed by atoms with Crippen LogP contribution in [0.1, 0.15) is 18.4 Å². The summed E-state index contributed by atoms with van der Waals surface area (Å²) in [6.45, 7) is 0.281. The lowest BCUT2D eigenvalue weighted by molar-refractivity contribution is 0.118. The van der Waals surface area contributed by atoms with Gasteiger partial charge in [0.2, 0.25) is 10.0 Å². The molecule has 0 radical (unpaired) electrons. The fourth-order valence-corrected chi connectivity index (χ4v) is 4.30. The molecule has 0 saturated carbocycles. The Morgan fingerprint density at radius 3 is 2.62 bits per heavy atom. The summed E-state index contributed by atoms with van der Waals surface area (Å²) in [6, 6.07) is 2.65. The van der Waals surface area contributed by atoms with Gasteiger partial charge in [-0.05, 0) is 31.0 Å². The number of ether oxygens (including phenoxy) is 1. The number of hydrogen-bond acceptors (Lipinski definition) is 5. The number of benzene rings is 1. The molecule has 3 rings (SSSR count). The first-order valence-electron chi connectivity index (χ1n) is 7.89. The second kappa shape index (κ2) is 7.58. The van der Waals surface area contributed by atoms with Gasteiger partial charge in [0.15, 0.2) is 5.82 Å². The average molecular weight is 387 g/mol. The van der Waals surface area contributed by atoms with Crippen LogP contribution >= 0.6 is 0 Å². The van der Waals surface area contributed by atoms with Crippen molar-refractivity contribution in [2.45, 2.75) is 24.7 Å². The van der Waals surface area contributed by atoms with E-state index < -0.39 is 39.3 Å². The summed E-state index contributed by atoms with van der Waals surface area (Å²) in [5.41, 5.74) is -0.227. The minimum absolute atomic E-state index is 0.0278. The highest BCUT2D eigenvalue weighted by molar-refractivity contribution is 7.88. The molecule has 0 bridgehead atoms. The van der Waals surface area contributed by atoms with Crippen LogP contribution < -0.4 is 4.74 Å².